The van der Waals surface area contributed by atoms with Crippen LogP contribution in [0.3, 0.4) is 0 Å². The molecule has 0 aliphatic carbocycles. The van der Waals surface area contributed by atoms with Crippen LogP contribution >= 0.6 is 0 Å². The molecule has 0 fully saturated rings. The van der Waals surface area contributed by atoms with Crippen molar-refractivity contribution in [3.8, 4) is 0 Å². The standard InChI is InChI=1S/C13H19NO.2C2H6.CH5N/c1-4-10(3)14-13(15)12-9-7-6-8-11(12)5-2;3*1-2/h6-10H,4-5H2,1-3H3,(H,14,15);2*1-2H3;2H2,1H3. The second-order valence-electron chi connectivity index (χ2n) is 3.79. The number of carbonyl (C=O) groups is 1. The maximum absolute atomic E-state index is 11.9. The molecule has 0 aromatic heterocycles. The molecule has 3 heteroatoms. The molecule has 1 aromatic rings. The Morgan fingerprint density at radius 3 is 2.00 bits per heavy atom. The fourth-order valence-electron chi connectivity index (χ4n) is 1.45. The first-order valence-corrected chi connectivity index (χ1v) is 8.15. The van der Waals surface area contributed by atoms with Gasteiger partial charge in [-0.25, -0.2) is 0 Å². The summed E-state index contributed by atoms with van der Waals surface area (Å²) in [4.78, 5) is 11.9. The number of rotatable bonds is 4. The summed E-state index contributed by atoms with van der Waals surface area (Å²) in [6.07, 6.45) is 1.85. The Balaban J connectivity index is -0.000000478. The zero-order valence-electron chi connectivity index (χ0n) is 15.3. The maximum Gasteiger partial charge on any atom is 0.251 e. The molecule has 0 heterocycles. The molecule has 0 spiro atoms. The first kappa shape index (κ1) is 24.7. The molecule has 3 N–H and O–H groups in total. The maximum atomic E-state index is 11.9. The highest BCUT2D eigenvalue weighted by Crippen LogP contribution is 2.09. The summed E-state index contributed by atoms with van der Waals surface area (Å²) in [5, 5.41) is 2.98. The molecule has 0 radical (unpaired) electrons. The van der Waals surface area contributed by atoms with Crippen molar-refractivity contribution in [1.82, 2.24) is 5.32 Å². The third kappa shape index (κ3) is 11.0. The zero-order chi connectivity index (χ0) is 17.3. The van der Waals surface area contributed by atoms with Gasteiger partial charge in [-0.1, -0.05) is 59.7 Å². The lowest BCUT2D eigenvalue weighted by Crippen LogP contribution is -2.32. The first-order chi connectivity index (χ1) is 10.2. The van der Waals surface area contributed by atoms with Crippen molar-refractivity contribution in [2.24, 2.45) is 5.73 Å². The monoisotopic (exact) mass is 296 g/mol. The van der Waals surface area contributed by atoms with Gasteiger partial charge in [0.25, 0.3) is 5.91 Å². The average Bonchev–Trinajstić information content (AvgIpc) is 2.59. The number of aryl methyl sites for hydroxylation is 1. The van der Waals surface area contributed by atoms with Crippen molar-refractivity contribution >= 4 is 5.91 Å². The lowest BCUT2D eigenvalue weighted by Gasteiger charge is -2.13. The van der Waals surface area contributed by atoms with Crippen LogP contribution in [0.25, 0.3) is 0 Å². The molecule has 0 aliphatic heterocycles. The van der Waals surface area contributed by atoms with Crippen LogP contribution in [0.4, 0.5) is 0 Å². The van der Waals surface area contributed by atoms with Gasteiger partial charge in [0.15, 0.2) is 0 Å². The number of amides is 1. The third-order valence-electron chi connectivity index (χ3n) is 2.63. The summed E-state index contributed by atoms with van der Waals surface area (Å²) in [6, 6.07) is 8.01. The second-order valence-corrected chi connectivity index (χ2v) is 3.79. The summed E-state index contributed by atoms with van der Waals surface area (Å²) in [5.41, 5.74) is 6.42. The number of nitrogens with two attached hydrogens (primary N) is 1. The predicted molar refractivity (Wildman–Crippen MR) is 95.8 cm³/mol. The van der Waals surface area contributed by atoms with Crippen molar-refractivity contribution < 1.29 is 4.79 Å². The Bertz CT molecular complexity index is 338. The van der Waals surface area contributed by atoms with Gasteiger partial charge in [-0.2, -0.15) is 0 Å². The normalized spacial score (nSPS) is 9.57. The molecule has 21 heavy (non-hydrogen) atoms. The molecular formula is C18H36N2O. The number of benzene rings is 1. The quantitative estimate of drug-likeness (QED) is 0.865. The Morgan fingerprint density at radius 1 is 1.10 bits per heavy atom. The van der Waals surface area contributed by atoms with Crippen molar-refractivity contribution in [2.75, 3.05) is 7.05 Å². The van der Waals surface area contributed by atoms with Gasteiger partial charge in [-0.3, -0.25) is 4.79 Å². The van der Waals surface area contributed by atoms with E-state index in [9.17, 15) is 4.79 Å². The number of hydrogen-bond donors (Lipinski definition) is 2. The molecule has 0 bridgehead atoms. The fraction of sp³-hybridized carbons (Fsp3) is 0.611. The van der Waals surface area contributed by atoms with E-state index in [1.54, 1.807) is 0 Å². The van der Waals surface area contributed by atoms with Crippen LogP contribution in [0.1, 0.15) is 70.8 Å². The summed E-state index contributed by atoms with van der Waals surface area (Å²) in [6.45, 7) is 14.2. The van der Waals surface area contributed by atoms with Crippen LogP contribution in [0.15, 0.2) is 24.3 Å². The average molecular weight is 296 g/mol. The van der Waals surface area contributed by atoms with E-state index in [0.717, 1.165) is 24.0 Å². The van der Waals surface area contributed by atoms with Gasteiger partial charge < -0.3 is 11.1 Å². The minimum atomic E-state index is 0.0433. The van der Waals surface area contributed by atoms with Crippen LogP contribution in [-0.4, -0.2) is 19.0 Å². The molecule has 1 aromatic carbocycles. The smallest absolute Gasteiger partial charge is 0.251 e. The second kappa shape index (κ2) is 18.7. The van der Waals surface area contributed by atoms with Gasteiger partial charge in [-0.05, 0) is 38.4 Å². The molecule has 1 amide bonds. The van der Waals surface area contributed by atoms with E-state index in [2.05, 4.69) is 24.9 Å². The Kier molecular flexibility index (Phi) is 21.9. The van der Waals surface area contributed by atoms with Gasteiger partial charge in [0, 0.05) is 11.6 Å². The van der Waals surface area contributed by atoms with Crippen LogP contribution in [-0.2, 0) is 6.42 Å². The number of hydrogen-bond acceptors (Lipinski definition) is 2. The Labute approximate surface area is 132 Å². The highest BCUT2D eigenvalue weighted by molar-refractivity contribution is 5.95. The molecule has 1 atom stereocenters. The van der Waals surface area contributed by atoms with Gasteiger partial charge in [0.2, 0.25) is 0 Å². The zero-order valence-corrected chi connectivity index (χ0v) is 15.3. The lowest BCUT2D eigenvalue weighted by molar-refractivity contribution is 0.0938. The van der Waals surface area contributed by atoms with Crippen molar-refractivity contribution in [3.63, 3.8) is 0 Å². The van der Waals surface area contributed by atoms with E-state index in [1.165, 1.54) is 7.05 Å². The molecular weight excluding hydrogens is 260 g/mol. The number of nitrogens with one attached hydrogen (secondary N) is 1. The Hall–Kier alpha value is -1.35. The number of carbonyl (C=O) groups excluding carboxylic acids is 1. The summed E-state index contributed by atoms with van der Waals surface area (Å²) < 4.78 is 0. The third-order valence-corrected chi connectivity index (χ3v) is 2.63. The van der Waals surface area contributed by atoms with E-state index in [1.807, 2.05) is 58.9 Å². The molecule has 1 rings (SSSR count). The van der Waals surface area contributed by atoms with Gasteiger partial charge in [0.05, 0.1) is 0 Å². The van der Waals surface area contributed by atoms with E-state index < -0.39 is 0 Å². The van der Waals surface area contributed by atoms with Crippen molar-refractivity contribution in [3.05, 3.63) is 35.4 Å². The molecule has 0 saturated heterocycles. The van der Waals surface area contributed by atoms with E-state index in [0.29, 0.717) is 0 Å². The largest absolute Gasteiger partial charge is 0.350 e. The lowest BCUT2D eigenvalue weighted by atomic mass is 10.0. The molecule has 3 nitrogen and oxygen atoms in total. The van der Waals surface area contributed by atoms with Crippen LogP contribution < -0.4 is 11.1 Å². The Morgan fingerprint density at radius 2 is 1.57 bits per heavy atom. The van der Waals surface area contributed by atoms with E-state index >= 15 is 0 Å². The SMILES string of the molecule is CC.CC.CCc1ccccc1C(=O)NC(C)CC.CN. The van der Waals surface area contributed by atoms with Crippen molar-refractivity contribution in [1.29, 1.82) is 0 Å². The first-order valence-electron chi connectivity index (χ1n) is 8.15. The summed E-state index contributed by atoms with van der Waals surface area (Å²) in [5.74, 6) is 0.0433. The van der Waals surface area contributed by atoms with Crippen LogP contribution in [0.5, 0.6) is 0 Å². The van der Waals surface area contributed by atoms with Crippen molar-refractivity contribution in [2.45, 2.75) is 67.3 Å². The highest BCUT2D eigenvalue weighted by Gasteiger charge is 2.10. The topological polar surface area (TPSA) is 55.1 Å². The van der Waals surface area contributed by atoms with Crippen LogP contribution in [0.2, 0.25) is 0 Å². The summed E-state index contributed by atoms with van der Waals surface area (Å²) >= 11 is 0. The molecule has 1 unspecified atom stereocenters. The van der Waals surface area contributed by atoms with Gasteiger partial charge in [0.1, 0.15) is 0 Å². The molecule has 124 valence electrons. The minimum absolute atomic E-state index is 0.0433. The van der Waals surface area contributed by atoms with E-state index in [4.69, 9.17) is 0 Å². The van der Waals surface area contributed by atoms with Crippen LogP contribution in [0, 0.1) is 0 Å². The molecule has 0 aliphatic rings. The highest BCUT2D eigenvalue weighted by atomic mass is 16.1. The van der Waals surface area contributed by atoms with E-state index in [-0.39, 0.29) is 11.9 Å². The fourth-order valence-corrected chi connectivity index (χ4v) is 1.45. The minimum Gasteiger partial charge on any atom is -0.350 e. The predicted octanol–water partition coefficient (Wildman–Crippen LogP) is 4.40. The molecule has 0 saturated carbocycles. The van der Waals surface area contributed by atoms with Gasteiger partial charge in [-0.15, -0.1) is 0 Å². The summed E-state index contributed by atoms with van der Waals surface area (Å²) in [7, 11) is 1.50. The van der Waals surface area contributed by atoms with Gasteiger partial charge >= 0.3 is 0 Å².